The number of benzene rings is 1. The van der Waals surface area contributed by atoms with Gasteiger partial charge in [0.1, 0.15) is 11.3 Å². The molecule has 3 heterocycles. The Bertz CT molecular complexity index is 749. The summed E-state index contributed by atoms with van der Waals surface area (Å²) in [5, 5.41) is 7.13. The summed E-state index contributed by atoms with van der Waals surface area (Å²) in [5.74, 6) is 0.811. The zero-order chi connectivity index (χ0) is 16.0. The first kappa shape index (κ1) is 14.6. The predicted molar refractivity (Wildman–Crippen MR) is 91.6 cm³/mol. The Kier molecular flexibility index (Phi) is 3.53. The Morgan fingerprint density at radius 1 is 1.35 bits per heavy atom. The van der Waals surface area contributed by atoms with Gasteiger partial charge in [-0.05, 0) is 39.2 Å². The Labute approximate surface area is 138 Å². The predicted octanol–water partition coefficient (Wildman–Crippen LogP) is 3.91. The topological polar surface area (TPSA) is 63.5 Å². The zero-order valence-corrected chi connectivity index (χ0v) is 13.5. The number of hydrogen-bond donors (Lipinski definition) is 2. The molecular weight excluding hydrogens is 292 g/mol. The van der Waals surface area contributed by atoms with Crippen LogP contribution in [-0.2, 0) is 4.74 Å². The fourth-order valence-corrected chi connectivity index (χ4v) is 3.87. The van der Waals surface area contributed by atoms with E-state index in [1.807, 2.05) is 38.1 Å². The summed E-state index contributed by atoms with van der Waals surface area (Å²) in [6.07, 6.45) is 3.62. The summed E-state index contributed by atoms with van der Waals surface area (Å²) < 4.78 is 11.7. The molecule has 0 spiro atoms. The van der Waals surface area contributed by atoms with Gasteiger partial charge in [0, 0.05) is 13.8 Å². The fraction of sp³-hybridized carbons (Fsp3) is 0.500. The molecule has 0 aliphatic carbocycles. The van der Waals surface area contributed by atoms with Crippen LogP contribution in [0.25, 0.3) is 11.0 Å². The summed E-state index contributed by atoms with van der Waals surface area (Å²) in [6, 6.07) is 7.74. The van der Waals surface area contributed by atoms with Gasteiger partial charge in [-0.1, -0.05) is 18.2 Å². The first-order valence-corrected chi connectivity index (χ1v) is 8.32. The number of aryl methyl sites for hydroxylation is 1. The molecule has 1 aromatic carbocycles. The maximum absolute atomic E-state index is 12.3. The number of amides is 2. The number of ether oxygens (including phenoxy) is 1. The van der Waals surface area contributed by atoms with Gasteiger partial charge in [-0.3, -0.25) is 0 Å². The fourth-order valence-electron chi connectivity index (χ4n) is 3.87. The number of fused-ring (bicyclic) bond motifs is 3. The lowest BCUT2D eigenvalue weighted by Gasteiger charge is -2.21. The van der Waals surface area contributed by atoms with Gasteiger partial charge in [-0.2, -0.15) is 0 Å². The number of urea groups is 1. The van der Waals surface area contributed by atoms with E-state index in [1.165, 1.54) is 0 Å². The number of rotatable bonds is 3. The molecule has 2 amide bonds. The number of hydrogen-bond acceptors (Lipinski definition) is 3. The van der Waals surface area contributed by atoms with Gasteiger partial charge in [0.05, 0.1) is 24.3 Å². The minimum Gasteiger partial charge on any atom is -0.459 e. The van der Waals surface area contributed by atoms with E-state index in [4.69, 9.17) is 9.15 Å². The van der Waals surface area contributed by atoms with Gasteiger partial charge in [0.25, 0.3) is 0 Å². The van der Waals surface area contributed by atoms with Crippen molar-refractivity contribution in [3.8, 4) is 0 Å². The van der Waals surface area contributed by atoms with E-state index in [2.05, 4.69) is 10.6 Å². The van der Waals surface area contributed by atoms with E-state index in [0.29, 0.717) is 6.10 Å². The van der Waals surface area contributed by atoms with Crippen LogP contribution in [0.5, 0.6) is 0 Å². The van der Waals surface area contributed by atoms with E-state index < -0.39 is 0 Å². The van der Waals surface area contributed by atoms with Crippen molar-refractivity contribution < 1.29 is 16.8 Å². The van der Waals surface area contributed by atoms with Crippen molar-refractivity contribution in [1.82, 2.24) is 10.6 Å². The van der Waals surface area contributed by atoms with Crippen LogP contribution in [-0.4, -0.2) is 24.3 Å². The van der Waals surface area contributed by atoms with Crippen LogP contribution in [0.4, 0.5) is 4.79 Å². The smallest absolute Gasteiger partial charge is 0.315 e. The molecule has 126 valence electrons. The summed E-state index contributed by atoms with van der Waals surface area (Å²) in [7, 11) is 0. The van der Waals surface area contributed by atoms with Crippen molar-refractivity contribution in [2.45, 2.75) is 57.4 Å². The summed E-state index contributed by atoms with van der Waals surface area (Å²) >= 11 is 0. The summed E-state index contributed by atoms with van der Waals surface area (Å²) in [4.78, 5) is 12.3. The molecule has 0 saturated carbocycles. The molecule has 2 aliphatic rings. The highest BCUT2D eigenvalue weighted by Crippen LogP contribution is 2.34. The van der Waals surface area contributed by atoms with Crippen molar-refractivity contribution in [2.24, 2.45) is 0 Å². The number of carbonyl (C=O) groups is 1. The summed E-state index contributed by atoms with van der Waals surface area (Å²) in [6.45, 7) is 3.97. The van der Waals surface area contributed by atoms with Gasteiger partial charge < -0.3 is 19.8 Å². The zero-order valence-electron chi connectivity index (χ0n) is 13.5. The third kappa shape index (κ3) is 2.59. The maximum Gasteiger partial charge on any atom is 0.315 e. The van der Waals surface area contributed by atoms with Crippen molar-refractivity contribution in [3.05, 3.63) is 35.6 Å². The molecule has 0 radical (unpaired) electrons. The van der Waals surface area contributed by atoms with Gasteiger partial charge >= 0.3 is 6.03 Å². The Balaban J connectivity index is 0.00000113. The monoisotopic (exact) mass is 318 g/mol. The molecule has 5 nitrogen and oxygen atoms in total. The van der Waals surface area contributed by atoms with Gasteiger partial charge in [-0.25, -0.2) is 4.79 Å². The Morgan fingerprint density at radius 3 is 2.87 bits per heavy atom. The molecular formula is C18H26N2O3. The van der Waals surface area contributed by atoms with Crippen LogP contribution in [0.1, 0.15) is 46.4 Å². The standard InChI is InChI=1S/C18H22N2O3.2H2/c1-10-13-5-3-4-6-15(13)23-17(10)11(2)19-18(21)20-14-9-12-7-8-16(14)22-12;;/h3-6,11-12,14,16H,7-9H2,1-2H3,(H2,19,20,21);2*1H. The van der Waals surface area contributed by atoms with Gasteiger partial charge in [0.15, 0.2) is 0 Å². The highest BCUT2D eigenvalue weighted by atomic mass is 16.5. The average molecular weight is 318 g/mol. The second kappa shape index (κ2) is 5.57. The highest BCUT2D eigenvalue weighted by Gasteiger charge is 2.41. The minimum absolute atomic E-state index is 0. The number of nitrogens with one attached hydrogen (secondary N) is 2. The molecule has 2 aliphatic heterocycles. The molecule has 5 heteroatoms. The molecule has 1 aromatic heterocycles. The lowest BCUT2D eigenvalue weighted by molar-refractivity contribution is 0.0980. The van der Waals surface area contributed by atoms with Crippen LogP contribution in [0.15, 0.2) is 28.7 Å². The number of para-hydroxylation sites is 1. The van der Waals surface area contributed by atoms with Crippen molar-refractivity contribution in [1.29, 1.82) is 0 Å². The van der Waals surface area contributed by atoms with Crippen molar-refractivity contribution in [3.63, 3.8) is 0 Å². The maximum atomic E-state index is 12.3. The van der Waals surface area contributed by atoms with E-state index in [-0.39, 0.29) is 27.1 Å². The van der Waals surface area contributed by atoms with E-state index in [0.717, 1.165) is 41.6 Å². The second-order valence-corrected chi connectivity index (χ2v) is 6.64. The molecule has 23 heavy (non-hydrogen) atoms. The molecule has 4 unspecified atom stereocenters. The van der Waals surface area contributed by atoms with Crippen LogP contribution < -0.4 is 10.6 Å². The largest absolute Gasteiger partial charge is 0.459 e. The van der Waals surface area contributed by atoms with E-state index in [9.17, 15) is 4.79 Å². The molecule has 2 N–H and O–H groups in total. The molecule has 2 fully saturated rings. The Hall–Kier alpha value is -2.01. The lowest BCUT2D eigenvalue weighted by Crippen LogP contribution is -2.46. The number of carbonyl (C=O) groups excluding carboxylic acids is 1. The molecule has 4 atom stereocenters. The van der Waals surface area contributed by atoms with E-state index >= 15 is 0 Å². The highest BCUT2D eigenvalue weighted by molar-refractivity contribution is 5.82. The third-order valence-electron chi connectivity index (χ3n) is 5.04. The molecule has 2 aromatic rings. The SMILES string of the molecule is Cc1c(C(C)NC(=O)NC2CC3CCC2O3)oc2ccccc12.[HH].[HH]. The second-order valence-electron chi connectivity index (χ2n) is 6.64. The first-order valence-electron chi connectivity index (χ1n) is 8.32. The van der Waals surface area contributed by atoms with Crippen molar-refractivity contribution >= 4 is 17.0 Å². The lowest BCUT2D eigenvalue weighted by atomic mass is 9.96. The van der Waals surface area contributed by atoms with E-state index in [1.54, 1.807) is 0 Å². The summed E-state index contributed by atoms with van der Waals surface area (Å²) in [5.41, 5.74) is 1.94. The Morgan fingerprint density at radius 2 is 2.17 bits per heavy atom. The van der Waals surface area contributed by atoms with Gasteiger partial charge in [0.2, 0.25) is 0 Å². The van der Waals surface area contributed by atoms with Crippen LogP contribution in [0.2, 0.25) is 0 Å². The van der Waals surface area contributed by atoms with Crippen LogP contribution >= 0.6 is 0 Å². The molecule has 4 rings (SSSR count). The number of furan rings is 1. The minimum atomic E-state index is -0.179. The molecule has 2 bridgehead atoms. The quantitative estimate of drug-likeness (QED) is 0.902. The third-order valence-corrected chi connectivity index (χ3v) is 5.04. The first-order chi connectivity index (χ1) is 11.1. The van der Waals surface area contributed by atoms with Crippen LogP contribution in [0.3, 0.4) is 0 Å². The van der Waals surface area contributed by atoms with Crippen LogP contribution in [0, 0.1) is 6.92 Å². The van der Waals surface area contributed by atoms with Crippen molar-refractivity contribution in [2.75, 3.05) is 0 Å². The normalized spacial score (nSPS) is 27.3. The average Bonchev–Trinajstić information content (AvgIpc) is 3.22. The molecule has 2 saturated heterocycles. The van der Waals surface area contributed by atoms with Gasteiger partial charge in [-0.15, -0.1) is 0 Å².